The molecule has 0 spiro atoms. The van der Waals surface area contributed by atoms with Crippen molar-refractivity contribution >= 4 is 21.7 Å². The maximum absolute atomic E-state index is 11.6. The second-order valence-electron chi connectivity index (χ2n) is 6.38. The van der Waals surface area contributed by atoms with Crippen LogP contribution in [-0.2, 0) is 5.41 Å². The Morgan fingerprint density at radius 3 is 2.40 bits per heavy atom. The summed E-state index contributed by atoms with van der Waals surface area (Å²) < 4.78 is 5.34. The lowest BCUT2D eigenvalue weighted by Crippen LogP contribution is -2.10. The van der Waals surface area contributed by atoms with Crippen LogP contribution in [0.2, 0.25) is 0 Å². The smallest absolute Gasteiger partial charge is 0.339 e. The Morgan fingerprint density at radius 2 is 1.70 bits per heavy atom. The minimum absolute atomic E-state index is 0.127. The van der Waals surface area contributed by atoms with Gasteiger partial charge in [-0.05, 0) is 40.8 Å². The zero-order chi connectivity index (χ0) is 14.5. The highest BCUT2D eigenvalue weighted by Gasteiger charge is 2.14. The molecule has 1 heterocycles. The molecular weight excluding hydrogens is 248 g/mol. The zero-order valence-corrected chi connectivity index (χ0v) is 12.3. The molecule has 0 radical (unpaired) electrons. The van der Waals surface area contributed by atoms with Crippen molar-refractivity contribution in [3.8, 4) is 0 Å². The average Bonchev–Trinajstić information content (AvgIpc) is 2.38. The van der Waals surface area contributed by atoms with Gasteiger partial charge in [-0.25, -0.2) is 4.79 Å². The summed E-state index contributed by atoms with van der Waals surface area (Å²) in [6.07, 6.45) is 0. The minimum Gasteiger partial charge on any atom is -0.423 e. The maximum atomic E-state index is 11.6. The highest BCUT2D eigenvalue weighted by molar-refractivity contribution is 6.05. The lowest BCUT2D eigenvalue weighted by molar-refractivity contribution is 0.555. The van der Waals surface area contributed by atoms with Crippen LogP contribution in [0.3, 0.4) is 0 Å². The predicted molar refractivity (Wildman–Crippen MR) is 83.4 cm³/mol. The third-order valence-corrected chi connectivity index (χ3v) is 3.77. The minimum atomic E-state index is -0.261. The molecule has 0 saturated heterocycles. The summed E-state index contributed by atoms with van der Waals surface area (Å²) in [5, 5.41) is 3.31. The van der Waals surface area contributed by atoms with Gasteiger partial charge in [0.2, 0.25) is 0 Å². The van der Waals surface area contributed by atoms with Gasteiger partial charge in [-0.15, -0.1) is 0 Å². The van der Waals surface area contributed by atoms with Gasteiger partial charge in [0.05, 0.1) is 0 Å². The SMILES string of the molecule is Cc1cc2c(ccc3cc(C(C)(C)C)ccc32)oc1=O. The van der Waals surface area contributed by atoms with Crippen LogP contribution >= 0.6 is 0 Å². The first-order chi connectivity index (χ1) is 9.36. The van der Waals surface area contributed by atoms with E-state index in [1.807, 2.05) is 18.2 Å². The molecule has 0 aliphatic rings. The van der Waals surface area contributed by atoms with Crippen LogP contribution in [0.5, 0.6) is 0 Å². The van der Waals surface area contributed by atoms with Gasteiger partial charge in [-0.2, -0.15) is 0 Å². The molecule has 102 valence electrons. The molecule has 0 fully saturated rings. The molecule has 0 unspecified atom stereocenters. The monoisotopic (exact) mass is 266 g/mol. The van der Waals surface area contributed by atoms with Gasteiger partial charge in [0, 0.05) is 10.9 Å². The van der Waals surface area contributed by atoms with E-state index in [-0.39, 0.29) is 11.0 Å². The van der Waals surface area contributed by atoms with Gasteiger partial charge in [0.1, 0.15) is 5.58 Å². The van der Waals surface area contributed by atoms with E-state index in [0.29, 0.717) is 11.1 Å². The van der Waals surface area contributed by atoms with Crippen LogP contribution in [0.25, 0.3) is 21.7 Å². The van der Waals surface area contributed by atoms with Gasteiger partial charge in [0.25, 0.3) is 0 Å². The van der Waals surface area contributed by atoms with E-state index in [2.05, 4.69) is 39.0 Å². The highest BCUT2D eigenvalue weighted by atomic mass is 16.4. The number of rotatable bonds is 0. The van der Waals surface area contributed by atoms with Crippen molar-refractivity contribution in [3.63, 3.8) is 0 Å². The summed E-state index contributed by atoms with van der Waals surface area (Å²) in [5.74, 6) is 0. The van der Waals surface area contributed by atoms with E-state index in [1.165, 1.54) is 10.9 Å². The largest absolute Gasteiger partial charge is 0.423 e. The number of benzene rings is 2. The van der Waals surface area contributed by atoms with E-state index in [0.717, 1.165) is 10.8 Å². The van der Waals surface area contributed by atoms with E-state index >= 15 is 0 Å². The lowest BCUT2D eigenvalue weighted by Gasteiger charge is -2.19. The van der Waals surface area contributed by atoms with Gasteiger partial charge in [-0.3, -0.25) is 0 Å². The Bertz CT molecular complexity index is 864. The molecule has 20 heavy (non-hydrogen) atoms. The Balaban J connectivity index is 2.38. The summed E-state index contributed by atoms with van der Waals surface area (Å²) in [5.41, 5.74) is 2.46. The highest BCUT2D eigenvalue weighted by Crippen LogP contribution is 2.30. The van der Waals surface area contributed by atoms with Gasteiger partial charge in [-0.1, -0.05) is 45.0 Å². The number of hydrogen-bond acceptors (Lipinski definition) is 2. The third-order valence-electron chi connectivity index (χ3n) is 3.77. The third kappa shape index (κ3) is 2.01. The standard InChI is InChI=1S/C18H18O2/c1-11-9-15-14-7-6-13(18(2,3)4)10-12(14)5-8-16(15)20-17(11)19/h5-10H,1-4H3. The van der Waals surface area contributed by atoms with Crippen molar-refractivity contribution in [3.05, 3.63) is 57.9 Å². The summed E-state index contributed by atoms with van der Waals surface area (Å²) in [6.45, 7) is 8.41. The molecule has 1 aromatic heterocycles. The van der Waals surface area contributed by atoms with Crippen molar-refractivity contribution < 1.29 is 4.42 Å². The Labute approximate surface area is 118 Å². The zero-order valence-electron chi connectivity index (χ0n) is 12.3. The van der Waals surface area contributed by atoms with E-state index in [9.17, 15) is 4.79 Å². The van der Waals surface area contributed by atoms with Crippen molar-refractivity contribution in [2.75, 3.05) is 0 Å². The maximum Gasteiger partial charge on any atom is 0.339 e. The first kappa shape index (κ1) is 12.9. The molecule has 0 aliphatic heterocycles. The molecule has 0 atom stereocenters. The van der Waals surface area contributed by atoms with Gasteiger partial charge < -0.3 is 4.42 Å². The average molecular weight is 266 g/mol. The lowest BCUT2D eigenvalue weighted by atomic mass is 9.85. The van der Waals surface area contributed by atoms with Crippen LogP contribution in [-0.4, -0.2) is 0 Å². The quantitative estimate of drug-likeness (QED) is 0.441. The number of hydrogen-bond donors (Lipinski definition) is 0. The van der Waals surface area contributed by atoms with E-state index in [1.54, 1.807) is 6.92 Å². The molecule has 2 aromatic carbocycles. The van der Waals surface area contributed by atoms with Gasteiger partial charge >= 0.3 is 5.63 Å². The van der Waals surface area contributed by atoms with E-state index in [4.69, 9.17) is 4.42 Å². The first-order valence-corrected chi connectivity index (χ1v) is 6.84. The Kier molecular flexibility index (Phi) is 2.72. The summed E-state index contributed by atoms with van der Waals surface area (Å²) in [4.78, 5) is 11.6. The molecule has 2 heteroatoms. The molecule has 0 N–H and O–H groups in total. The fourth-order valence-corrected chi connectivity index (χ4v) is 2.49. The van der Waals surface area contributed by atoms with Crippen molar-refractivity contribution in [1.82, 2.24) is 0 Å². The molecule has 2 nitrogen and oxygen atoms in total. The van der Waals surface area contributed by atoms with Crippen molar-refractivity contribution in [2.45, 2.75) is 33.1 Å². The second-order valence-corrected chi connectivity index (χ2v) is 6.38. The van der Waals surface area contributed by atoms with E-state index < -0.39 is 0 Å². The molecule has 0 aliphatic carbocycles. The number of aryl methyl sites for hydroxylation is 1. The molecule has 0 saturated carbocycles. The first-order valence-electron chi connectivity index (χ1n) is 6.84. The summed E-state index contributed by atoms with van der Waals surface area (Å²) >= 11 is 0. The van der Waals surface area contributed by atoms with Crippen LogP contribution in [0.15, 0.2) is 45.6 Å². The molecule has 3 rings (SSSR count). The second kappa shape index (κ2) is 4.20. The Hall–Kier alpha value is -2.09. The van der Waals surface area contributed by atoms with Crippen LogP contribution in [0.4, 0.5) is 0 Å². The molecule has 0 bridgehead atoms. The topological polar surface area (TPSA) is 30.2 Å². The van der Waals surface area contributed by atoms with Crippen LogP contribution in [0, 0.1) is 6.92 Å². The fourth-order valence-electron chi connectivity index (χ4n) is 2.49. The van der Waals surface area contributed by atoms with Crippen LogP contribution < -0.4 is 5.63 Å². The van der Waals surface area contributed by atoms with Crippen molar-refractivity contribution in [1.29, 1.82) is 0 Å². The number of fused-ring (bicyclic) bond motifs is 3. The summed E-state index contributed by atoms with van der Waals surface area (Å²) in [7, 11) is 0. The van der Waals surface area contributed by atoms with Crippen LogP contribution in [0.1, 0.15) is 31.9 Å². The molecular formula is C18H18O2. The normalized spacial score (nSPS) is 12.2. The molecule has 3 aromatic rings. The predicted octanol–water partition coefficient (Wildman–Crippen LogP) is 4.55. The summed E-state index contributed by atoms with van der Waals surface area (Å²) in [6, 6.07) is 12.3. The Morgan fingerprint density at radius 1 is 0.950 bits per heavy atom. The van der Waals surface area contributed by atoms with Gasteiger partial charge in [0.15, 0.2) is 0 Å². The molecule has 0 amide bonds. The fraction of sp³-hybridized carbons (Fsp3) is 0.278. The van der Waals surface area contributed by atoms with Crippen molar-refractivity contribution in [2.24, 2.45) is 0 Å².